The van der Waals surface area contributed by atoms with Crippen molar-refractivity contribution in [2.45, 2.75) is 13.0 Å². The van der Waals surface area contributed by atoms with Gasteiger partial charge in [0.05, 0.1) is 5.57 Å². The summed E-state index contributed by atoms with van der Waals surface area (Å²) in [4.78, 5) is 28.7. The molecule has 3 aromatic rings. The lowest BCUT2D eigenvalue weighted by molar-refractivity contribution is -0.148. The Kier molecular flexibility index (Phi) is 6.21. The predicted molar refractivity (Wildman–Crippen MR) is 112 cm³/mol. The molecule has 1 aromatic carbocycles. The van der Waals surface area contributed by atoms with Gasteiger partial charge >= 0.3 is 5.97 Å². The molecule has 0 aliphatic carbocycles. The van der Waals surface area contributed by atoms with Crippen molar-refractivity contribution in [3.05, 3.63) is 75.1 Å². The van der Waals surface area contributed by atoms with Crippen LogP contribution in [-0.4, -0.2) is 25.0 Å². The molecule has 27 heavy (non-hydrogen) atoms. The third-order valence-corrected chi connectivity index (χ3v) is 5.66. The normalized spacial score (nSPS) is 12.4. The molecule has 3 rings (SSSR count). The van der Waals surface area contributed by atoms with Crippen LogP contribution >= 0.6 is 22.7 Å². The van der Waals surface area contributed by atoms with Crippen molar-refractivity contribution in [2.75, 3.05) is 11.9 Å². The predicted octanol–water partition coefficient (Wildman–Crippen LogP) is 4.94. The van der Waals surface area contributed by atoms with Gasteiger partial charge in [0.1, 0.15) is 0 Å². The SMILES string of the molecule is C[C@H](OC(=O)/C(=C/c1cccs1)c1cccs1)C(=O)N(C)c1ccccc1. The van der Waals surface area contributed by atoms with Crippen molar-refractivity contribution in [3.63, 3.8) is 0 Å². The van der Waals surface area contributed by atoms with Gasteiger partial charge in [0.2, 0.25) is 0 Å². The lowest BCUT2D eigenvalue weighted by Crippen LogP contribution is -2.37. The van der Waals surface area contributed by atoms with Gasteiger partial charge in [0.25, 0.3) is 5.91 Å². The van der Waals surface area contributed by atoms with Crippen molar-refractivity contribution in [1.29, 1.82) is 0 Å². The standard InChI is InChI=1S/C21H19NO3S2/c1-15(20(23)22(2)16-8-4-3-5-9-16)25-21(24)18(19-11-7-13-27-19)14-17-10-6-12-26-17/h3-15H,1-2H3/b18-14+/t15-/m0/s1. The van der Waals surface area contributed by atoms with Crippen LogP contribution in [0.15, 0.2) is 65.4 Å². The average molecular weight is 398 g/mol. The Hall–Kier alpha value is -2.70. The minimum Gasteiger partial charge on any atom is -0.449 e. The number of esters is 1. The molecule has 0 unspecified atom stereocenters. The van der Waals surface area contributed by atoms with Crippen LogP contribution in [0.5, 0.6) is 0 Å². The highest BCUT2D eigenvalue weighted by Gasteiger charge is 2.25. The second-order valence-electron chi connectivity index (χ2n) is 5.83. The number of anilines is 1. The number of carbonyl (C=O) groups excluding carboxylic acids is 2. The van der Waals surface area contributed by atoms with E-state index in [2.05, 4.69) is 0 Å². The van der Waals surface area contributed by atoms with Gasteiger partial charge in [-0.25, -0.2) is 4.79 Å². The first-order chi connectivity index (χ1) is 13.1. The summed E-state index contributed by atoms with van der Waals surface area (Å²) in [6, 6.07) is 16.9. The second kappa shape index (κ2) is 8.79. The fourth-order valence-electron chi connectivity index (χ4n) is 2.50. The number of rotatable bonds is 6. The minimum absolute atomic E-state index is 0.281. The molecule has 1 amide bonds. The van der Waals surface area contributed by atoms with Crippen molar-refractivity contribution in [2.24, 2.45) is 0 Å². The number of hydrogen-bond donors (Lipinski definition) is 0. The molecule has 6 heteroatoms. The molecule has 138 valence electrons. The van der Waals surface area contributed by atoms with Crippen LogP contribution in [0.2, 0.25) is 0 Å². The minimum atomic E-state index is -0.894. The first-order valence-electron chi connectivity index (χ1n) is 8.39. The number of carbonyl (C=O) groups is 2. The maximum atomic E-state index is 12.8. The Labute approximate surface area is 166 Å². The van der Waals surface area contributed by atoms with Gasteiger partial charge in [-0.3, -0.25) is 4.79 Å². The number of hydrogen-bond acceptors (Lipinski definition) is 5. The summed E-state index contributed by atoms with van der Waals surface area (Å²) in [6.45, 7) is 1.59. The Morgan fingerprint density at radius 2 is 1.70 bits per heavy atom. The van der Waals surface area contributed by atoms with E-state index >= 15 is 0 Å². The van der Waals surface area contributed by atoms with E-state index in [1.165, 1.54) is 27.6 Å². The number of nitrogens with zero attached hydrogens (tertiary/aromatic N) is 1. The number of likely N-dealkylation sites (N-methyl/N-ethyl adjacent to an activating group) is 1. The van der Waals surface area contributed by atoms with Gasteiger partial charge < -0.3 is 9.64 Å². The number of para-hydroxylation sites is 1. The quantitative estimate of drug-likeness (QED) is 0.437. The Balaban J connectivity index is 1.76. The Morgan fingerprint density at radius 1 is 1.00 bits per heavy atom. The third kappa shape index (κ3) is 4.72. The highest BCUT2D eigenvalue weighted by atomic mass is 32.1. The fourth-order valence-corrected chi connectivity index (χ4v) is 3.89. The van der Waals surface area contributed by atoms with Crippen LogP contribution in [0, 0.1) is 0 Å². The van der Waals surface area contributed by atoms with Gasteiger partial charge in [-0.2, -0.15) is 0 Å². The summed E-state index contributed by atoms with van der Waals surface area (Å²) >= 11 is 3.00. The average Bonchev–Trinajstić information content (AvgIpc) is 3.39. The molecule has 0 N–H and O–H groups in total. The first-order valence-corrected chi connectivity index (χ1v) is 10.1. The smallest absolute Gasteiger partial charge is 0.340 e. The van der Waals surface area contributed by atoms with Crippen LogP contribution in [-0.2, 0) is 14.3 Å². The van der Waals surface area contributed by atoms with E-state index in [9.17, 15) is 9.59 Å². The Morgan fingerprint density at radius 3 is 2.33 bits per heavy atom. The molecule has 0 aliphatic rings. The van der Waals surface area contributed by atoms with E-state index in [1.54, 1.807) is 20.0 Å². The highest BCUT2D eigenvalue weighted by molar-refractivity contribution is 7.12. The zero-order chi connectivity index (χ0) is 19.2. The topological polar surface area (TPSA) is 46.6 Å². The molecule has 2 heterocycles. The lowest BCUT2D eigenvalue weighted by Gasteiger charge is -2.21. The first kappa shape index (κ1) is 19.1. The van der Waals surface area contributed by atoms with Crippen LogP contribution in [0.3, 0.4) is 0 Å². The molecule has 0 spiro atoms. The highest BCUT2D eigenvalue weighted by Crippen LogP contribution is 2.26. The maximum absolute atomic E-state index is 12.8. The molecule has 4 nitrogen and oxygen atoms in total. The number of benzene rings is 1. The summed E-state index contributed by atoms with van der Waals surface area (Å²) in [7, 11) is 1.67. The van der Waals surface area contributed by atoms with Crippen molar-refractivity contribution in [1.82, 2.24) is 0 Å². The second-order valence-corrected chi connectivity index (χ2v) is 7.76. The third-order valence-electron chi connectivity index (χ3n) is 3.94. The number of amides is 1. The van der Waals surface area contributed by atoms with E-state index < -0.39 is 12.1 Å². The van der Waals surface area contributed by atoms with Crippen LogP contribution in [0.1, 0.15) is 16.7 Å². The van der Waals surface area contributed by atoms with Gasteiger partial charge in [0, 0.05) is 22.5 Å². The molecule has 2 aromatic heterocycles. The van der Waals surface area contributed by atoms with Crippen molar-refractivity contribution < 1.29 is 14.3 Å². The van der Waals surface area contributed by atoms with Crippen LogP contribution in [0.4, 0.5) is 5.69 Å². The summed E-state index contributed by atoms with van der Waals surface area (Å²) in [5, 5.41) is 3.85. The van der Waals surface area contributed by atoms with Gasteiger partial charge in [-0.05, 0) is 48.0 Å². The van der Waals surface area contributed by atoms with Gasteiger partial charge in [0.15, 0.2) is 6.10 Å². The summed E-state index contributed by atoms with van der Waals surface area (Å²) in [5.41, 5.74) is 1.20. The van der Waals surface area contributed by atoms with E-state index in [1.807, 2.05) is 65.4 Å². The maximum Gasteiger partial charge on any atom is 0.340 e. The Bertz CT molecular complexity index is 916. The summed E-state index contributed by atoms with van der Waals surface area (Å²) in [6.07, 6.45) is 0.908. The zero-order valence-electron chi connectivity index (χ0n) is 15.0. The number of thiophene rings is 2. The molecule has 0 saturated heterocycles. The van der Waals surface area contributed by atoms with E-state index in [0.29, 0.717) is 5.57 Å². The summed E-state index contributed by atoms with van der Waals surface area (Å²) < 4.78 is 5.50. The van der Waals surface area contributed by atoms with Gasteiger partial charge in [-0.15, -0.1) is 22.7 Å². The monoisotopic (exact) mass is 397 g/mol. The van der Waals surface area contributed by atoms with E-state index in [-0.39, 0.29) is 5.91 Å². The van der Waals surface area contributed by atoms with Crippen LogP contribution in [0.25, 0.3) is 11.6 Å². The molecular formula is C21H19NO3S2. The largest absolute Gasteiger partial charge is 0.449 e. The van der Waals surface area contributed by atoms with Crippen molar-refractivity contribution >= 4 is 51.9 Å². The lowest BCUT2D eigenvalue weighted by atomic mass is 10.2. The molecular weight excluding hydrogens is 378 g/mol. The number of ether oxygens (including phenoxy) is 1. The molecule has 0 aliphatic heterocycles. The molecule has 0 fully saturated rings. The summed E-state index contributed by atoms with van der Waals surface area (Å²) in [5.74, 6) is -0.788. The van der Waals surface area contributed by atoms with E-state index in [4.69, 9.17) is 4.74 Å². The zero-order valence-corrected chi connectivity index (χ0v) is 16.6. The molecule has 0 saturated carbocycles. The molecule has 0 bridgehead atoms. The van der Waals surface area contributed by atoms with Crippen molar-refractivity contribution in [3.8, 4) is 0 Å². The van der Waals surface area contributed by atoms with E-state index in [0.717, 1.165) is 15.4 Å². The fraction of sp³-hybridized carbons (Fsp3) is 0.143. The molecule has 0 radical (unpaired) electrons. The van der Waals surface area contributed by atoms with Crippen LogP contribution < -0.4 is 4.90 Å². The van der Waals surface area contributed by atoms with Gasteiger partial charge in [-0.1, -0.05) is 30.3 Å². The molecule has 1 atom stereocenters.